The van der Waals surface area contributed by atoms with Crippen LogP contribution in [-0.4, -0.2) is 29.3 Å². The average Bonchev–Trinajstić information content (AvgIpc) is 2.89. The number of rotatable bonds is 3. The number of fused-ring (bicyclic) bond motifs is 1. The summed E-state index contributed by atoms with van der Waals surface area (Å²) in [5, 5.41) is 0. The molecule has 0 unspecified atom stereocenters. The van der Waals surface area contributed by atoms with Crippen molar-refractivity contribution in [1.29, 1.82) is 0 Å². The summed E-state index contributed by atoms with van der Waals surface area (Å²) in [6, 6.07) is 7.54. The van der Waals surface area contributed by atoms with Crippen LogP contribution in [0.3, 0.4) is 0 Å². The Morgan fingerprint density at radius 2 is 2.00 bits per heavy atom. The van der Waals surface area contributed by atoms with Crippen LogP contribution in [0.5, 0.6) is 0 Å². The van der Waals surface area contributed by atoms with E-state index in [1.54, 1.807) is 0 Å². The number of hydrogen-bond donors (Lipinski definition) is 0. The van der Waals surface area contributed by atoms with Crippen molar-refractivity contribution in [2.24, 2.45) is 0 Å². The molecule has 98 valence electrons. The van der Waals surface area contributed by atoms with Gasteiger partial charge in [-0.2, -0.15) is 0 Å². The number of aldehydes is 1. The van der Waals surface area contributed by atoms with Gasteiger partial charge in [-0.3, -0.25) is 4.79 Å². The first kappa shape index (κ1) is 12.0. The molecule has 19 heavy (non-hydrogen) atoms. The highest BCUT2D eigenvalue weighted by molar-refractivity contribution is 6.05. The zero-order valence-corrected chi connectivity index (χ0v) is 10.7. The molecule has 0 amide bonds. The largest absolute Gasteiger partial charge is 0.436 e. The summed E-state index contributed by atoms with van der Waals surface area (Å²) >= 11 is 0. The number of allylic oxidation sites excluding steroid dienone is 1. The van der Waals surface area contributed by atoms with Gasteiger partial charge in [-0.1, -0.05) is 12.1 Å². The fourth-order valence-corrected chi connectivity index (χ4v) is 2.38. The van der Waals surface area contributed by atoms with Crippen LogP contribution in [0.4, 0.5) is 0 Å². The first-order valence-corrected chi connectivity index (χ1v) is 6.64. The minimum Gasteiger partial charge on any atom is -0.436 e. The number of carbonyl (C=O) groups is 1. The second kappa shape index (κ2) is 5.26. The molecular weight excluding hydrogens is 240 g/mol. The fraction of sp³-hybridized carbons (Fsp3) is 0.333. The van der Waals surface area contributed by atoms with E-state index >= 15 is 0 Å². The average molecular weight is 256 g/mol. The standard InChI is InChI=1S/C15H16N2O2/c18-11-12(10-17-8-4-1-5-9-17)15-16-13-6-2-3-7-14(13)19-15/h2-3,6-7,10-11H,1,4-5,8-9H2/b12-10+. The van der Waals surface area contributed by atoms with Crippen molar-refractivity contribution in [2.75, 3.05) is 13.1 Å². The van der Waals surface area contributed by atoms with Crippen molar-refractivity contribution < 1.29 is 9.21 Å². The molecule has 1 aliphatic rings. The lowest BCUT2D eigenvalue weighted by molar-refractivity contribution is -0.103. The second-order valence-electron chi connectivity index (χ2n) is 4.79. The zero-order chi connectivity index (χ0) is 13.1. The number of oxazole rings is 1. The highest BCUT2D eigenvalue weighted by Gasteiger charge is 2.13. The molecule has 2 aromatic rings. The summed E-state index contributed by atoms with van der Waals surface area (Å²) in [6.07, 6.45) is 6.31. The maximum absolute atomic E-state index is 11.3. The third-order valence-corrected chi connectivity index (χ3v) is 3.38. The monoisotopic (exact) mass is 256 g/mol. The summed E-state index contributed by atoms with van der Waals surface area (Å²) in [5.74, 6) is 0.404. The van der Waals surface area contributed by atoms with Crippen LogP contribution in [0.15, 0.2) is 34.9 Å². The van der Waals surface area contributed by atoms with Gasteiger partial charge < -0.3 is 9.32 Å². The van der Waals surface area contributed by atoms with E-state index in [2.05, 4.69) is 9.88 Å². The summed E-state index contributed by atoms with van der Waals surface area (Å²) in [7, 11) is 0. The number of piperidine rings is 1. The fourth-order valence-electron chi connectivity index (χ4n) is 2.38. The van der Waals surface area contributed by atoms with E-state index in [-0.39, 0.29) is 0 Å². The van der Waals surface area contributed by atoms with Gasteiger partial charge in [0.25, 0.3) is 0 Å². The van der Waals surface area contributed by atoms with Crippen molar-refractivity contribution >= 4 is 23.0 Å². The first-order chi connectivity index (χ1) is 9.36. The molecular formula is C15H16N2O2. The summed E-state index contributed by atoms with van der Waals surface area (Å²) in [5.41, 5.74) is 2.01. The Labute approximate surface area is 111 Å². The SMILES string of the molecule is O=C/C(=C\N1CCCCC1)c1nc2ccccc2o1. The van der Waals surface area contributed by atoms with Crippen LogP contribution in [-0.2, 0) is 4.79 Å². The molecule has 0 spiro atoms. The number of hydrogen-bond acceptors (Lipinski definition) is 4. The summed E-state index contributed by atoms with van der Waals surface area (Å²) < 4.78 is 5.63. The van der Waals surface area contributed by atoms with Crippen LogP contribution in [0.25, 0.3) is 16.7 Å². The molecule has 0 aliphatic carbocycles. The minimum absolute atomic E-state index is 0.404. The van der Waals surface area contributed by atoms with Crippen LogP contribution in [0.2, 0.25) is 0 Å². The molecule has 1 aromatic heterocycles. The van der Waals surface area contributed by atoms with E-state index < -0.39 is 0 Å². The summed E-state index contributed by atoms with van der Waals surface area (Å²) in [4.78, 5) is 17.8. The van der Waals surface area contributed by atoms with E-state index in [1.165, 1.54) is 19.3 Å². The van der Waals surface area contributed by atoms with Gasteiger partial charge in [0.15, 0.2) is 11.9 Å². The Hall–Kier alpha value is -2.10. The van der Waals surface area contributed by atoms with E-state index in [0.29, 0.717) is 17.0 Å². The molecule has 0 saturated carbocycles. The number of para-hydroxylation sites is 2. The zero-order valence-electron chi connectivity index (χ0n) is 10.7. The maximum Gasteiger partial charge on any atom is 0.232 e. The van der Waals surface area contributed by atoms with Gasteiger partial charge in [0.2, 0.25) is 5.89 Å². The van der Waals surface area contributed by atoms with Gasteiger partial charge in [-0.05, 0) is 31.4 Å². The van der Waals surface area contributed by atoms with Crippen molar-refractivity contribution in [3.63, 3.8) is 0 Å². The third kappa shape index (κ3) is 2.52. The second-order valence-corrected chi connectivity index (χ2v) is 4.79. The lowest BCUT2D eigenvalue weighted by Crippen LogP contribution is -2.24. The number of likely N-dealkylation sites (tertiary alicyclic amines) is 1. The topological polar surface area (TPSA) is 46.3 Å². The lowest BCUT2D eigenvalue weighted by atomic mass is 10.1. The van der Waals surface area contributed by atoms with Crippen LogP contribution in [0.1, 0.15) is 25.2 Å². The minimum atomic E-state index is 0.404. The predicted molar refractivity (Wildman–Crippen MR) is 73.5 cm³/mol. The van der Waals surface area contributed by atoms with E-state index in [1.807, 2.05) is 30.5 Å². The van der Waals surface area contributed by atoms with Crippen LogP contribution >= 0.6 is 0 Å². The van der Waals surface area contributed by atoms with Gasteiger partial charge in [0.1, 0.15) is 5.52 Å². The quantitative estimate of drug-likeness (QED) is 0.625. The van der Waals surface area contributed by atoms with Crippen molar-refractivity contribution in [1.82, 2.24) is 9.88 Å². The van der Waals surface area contributed by atoms with E-state index in [4.69, 9.17) is 4.42 Å². The Morgan fingerprint density at radius 3 is 2.74 bits per heavy atom. The molecule has 2 heterocycles. The lowest BCUT2D eigenvalue weighted by Gasteiger charge is -2.25. The van der Waals surface area contributed by atoms with Crippen molar-refractivity contribution in [2.45, 2.75) is 19.3 Å². The summed E-state index contributed by atoms with van der Waals surface area (Å²) in [6.45, 7) is 2.00. The van der Waals surface area contributed by atoms with Crippen molar-refractivity contribution in [3.05, 3.63) is 36.4 Å². The molecule has 1 aromatic carbocycles. The van der Waals surface area contributed by atoms with Gasteiger partial charge in [-0.25, -0.2) is 4.98 Å². The Morgan fingerprint density at radius 1 is 1.21 bits per heavy atom. The Kier molecular flexibility index (Phi) is 3.31. The Balaban J connectivity index is 1.92. The number of benzene rings is 1. The molecule has 0 atom stereocenters. The van der Waals surface area contributed by atoms with Crippen molar-refractivity contribution in [3.8, 4) is 0 Å². The molecule has 3 rings (SSSR count). The maximum atomic E-state index is 11.3. The molecule has 1 saturated heterocycles. The smallest absolute Gasteiger partial charge is 0.232 e. The predicted octanol–water partition coefficient (Wildman–Crippen LogP) is 2.85. The normalized spacial score (nSPS) is 16.8. The van der Waals surface area contributed by atoms with Crippen LogP contribution in [0, 0.1) is 0 Å². The van der Waals surface area contributed by atoms with Gasteiger partial charge in [0.05, 0.1) is 5.57 Å². The number of carbonyl (C=O) groups excluding carboxylic acids is 1. The van der Waals surface area contributed by atoms with Gasteiger partial charge in [-0.15, -0.1) is 0 Å². The molecule has 0 radical (unpaired) electrons. The van der Waals surface area contributed by atoms with Gasteiger partial charge in [0, 0.05) is 19.3 Å². The number of aromatic nitrogens is 1. The molecule has 0 N–H and O–H groups in total. The van der Waals surface area contributed by atoms with E-state index in [9.17, 15) is 4.79 Å². The number of nitrogens with zero attached hydrogens (tertiary/aromatic N) is 2. The van der Waals surface area contributed by atoms with E-state index in [0.717, 1.165) is 24.9 Å². The highest BCUT2D eigenvalue weighted by atomic mass is 16.3. The third-order valence-electron chi connectivity index (χ3n) is 3.38. The molecule has 1 fully saturated rings. The molecule has 4 heteroatoms. The first-order valence-electron chi connectivity index (χ1n) is 6.64. The Bertz CT molecular complexity index is 576. The molecule has 1 aliphatic heterocycles. The van der Waals surface area contributed by atoms with Crippen LogP contribution < -0.4 is 0 Å². The van der Waals surface area contributed by atoms with Gasteiger partial charge >= 0.3 is 0 Å². The molecule has 4 nitrogen and oxygen atoms in total. The molecule has 0 bridgehead atoms. The highest BCUT2D eigenvalue weighted by Crippen LogP contribution is 2.21.